The molecule has 0 nitrogen and oxygen atoms in total. The second kappa shape index (κ2) is 5.59. The van der Waals surface area contributed by atoms with Gasteiger partial charge in [0.2, 0.25) is 0 Å². The fourth-order valence-corrected chi connectivity index (χ4v) is 5.03. The first-order chi connectivity index (χ1) is 11.4. The number of halogens is 2. The number of rotatable bonds is 1. The van der Waals surface area contributed by atoms with Crippen molar-refractivity contribution in [2.45, 2.75) is 56.1 Å². The molecule has 24 heavy (non-hydrogen) atoms. The summed E-state index contributed by atoms with van der Waals surface area (Å²) in [6.45, 7) is 6.53. The minimum Gasteiger partial charge on any atom is -0.204 e. The molecule has 3 heteroatoms. The summed E-state index contributed by atoms with van der Waals surface area (Å²) in [4.78, 5) is 1.23. The van der Waals surface area contributed by atoms with Gasteiger partial charge in [0.05, 0.1) is 0 Å². The lowest BCUT2D eigenvalue weighted by molar-refractivity contribution is 0.353. The zero-order valence-corrected chi connectivity index (χ0v) is 15.1. The van der Waals surface area contributed by atoms with Crippen LogP contribution in [0.3, 0.4) is 0 Å². The highest BCUT2D eigenvalue weighted by Crippen LogP contribution is 2.51. The van der Waals surface area contributed by atoms with Crippen molar-refractivity contribution < 1.29 is 8.78 Å². The molecule has 1 heterocycles. The molecule has 0 N–H and O–H groups in total. The summed E-state index contributed by atoms with van der Waals surface area (Å²) in [5.74, 6) is -0.159. The molecular weight excluding hydrogens is 322 g/mol. The van der Waals surface area contributed by atoms with Gasteiger partial charge in [0.25, 0.3) is 0 Å². The van der Waals surface area contributed by atoms with Crippen LogP contribution in [-0.2, 0) is 5.75 Å². The summed E-state index contributed by atoms with van der Waals surface area (Å²) in [6.07, 6.45) is 2.54. The van der Waals surface area contributed by atoms with Crippen LogP contribution >= 0.6 is 11.8 Å². The number of fused-ring (bicyclic) bond motifs is 2. The number of thioether (sulfide) groups is 1. The summed E-state index contributed by atoms with van der Waals surface area (Å²) >= 11 is 1.65. The van der Waals surface area contributed by atoms with E-state index in [4.69, 9.17) is 0 Å². The highest BCUT2D eigenvalue weighted by Gasteiger charge is 2.35. The first-order valence-electron chi connectivity index (χ1n) is 8.59. The Balaban J connectivity index is 1.91. The SMILES string of the molecule is CC(C)(C)C1c2ccc(C3CC3)cc2SCc2c1ccc(F)c2F. The van der Waals surface area contributed by atoms with Gasteiger partial charge in [-0.2, -0.15) is 0 Å². The molecule has 4 rings (SSSR count). The van der Waals surface area contributed by atoms with E-state index in [0.29, 0.717) is 17.2 Å². The van der Waals surface area contributed by atoms with Crippen LogP contribution < -0.4 is 0 Å². The van der Waals surface area contributed by atoms with Crippen molar-refractivity contribution in [2.75, 3.05) is 0 Å². The molecule has 2 aliphatic rings. The second-order valence-electron chi connectivity index (χ2n) is 8.09. The average molecular weight is 344 g/mol. The lowest BCUT2D eigenvalue weighted by Crippen LogP contribution is -2.21. The molecule has 1 atom stereocenters. The molecule has 2 aromatic rings. The summed E-state index contributed by atoms with van der Waals surface area (Å²) in [5.41, 5.74) is 4.05. The molecule has 1 unspecified atom stereocenters. The van der Waals surface area contributed by atoms with Gasteiger partial charge in [-0.1, -0.05) is 39.0 Å². The lowest BCUT2D eigenvalue weighted by atomic mass is 9.71. The molecule has 0 radical (unpaired) electrons. The third-order valence-corrected chi connectivity index (χ3v) is 6.28. The molecule has 126 valence electrons. The molecule has 1 aliphatic heterocycles. The van der Waals surface area contributed by atoms with Gasteiger partial charge in [0.1, 0.15) is 0 Å². The molecule has 0 amide bonds. The molecule has 0 aromatic heterocycles. The number of benzene rings is 2. The zero-order chi connectivity index (χ0) is 17.1. The van der Waals surface area contributed by atoms with E-state index in [1.54, 1.807) is 17.8 Å². The van der Waals surface area contributed by atoms with Crippen molar-refractivity contribution in [3.8, 4) is 0 Å². The molecule has 1 aliphatic carbocycles. The molecule has 0 saturated heterocycles. The number of hydrogen-bond donors (Lipinski definition) is 0. The van der Waals surface area contributed by atoms with E-state index in [9.17, 15) is 8.78 Å². The van der Waals surface area contributed by atoms with Crippen molar-refractivity contribution in [3.05, 3.63) is 64.2 Å². The van der Waals surface area contributed by atoms with Crippen molar-refractivity contribution in [2.24, 2.45) is 5.41 Å². The average Bonchev–Trinajstić information content (AvgIpc) is 3.35. The smallest absolute Gasteiger partial charge is 0.163 e. The summed E-state index contributed by atoms with van der Waals surface area (Å²) in [5, 5.41) is 0. The van der Waals surface area contributed by atoms with Gasteiger partial charge in [-0.05, 0) is 53.0 Å². The maximum absolute atomic E-state index is 14.5. The van der Waals surface area contributed by atoms with E-state index in [-0.39, 0.29) is 11.3 Å². The maximum Gasteiger partial charge on any atom is 0.163 e. The Bertz CT molecular complexity index is 800. The van der Waals surface area contributed by atoms with Crippen molar-refractivity contribution in [1.82, 2.24) is 0 Å². The van der Waals surface area contributed by atoms with Crippen LogP contribution in [0.5, 0.6) is 0 Å². The Kier molecular flexibility index (Phi) is 3.76. The fraction of sp³-hybridized carbons (Fsp3) is 0.429. The highest BCUT2D eigenvalue weighted by molar-refractivity contribution is 7.98. The van der Waals surface area contributed by atoms with Crippen LogP contribution in [0.25, 0.3) is 0 Å². The maximum atomic E-state index is 14.5. The quantitative estimate of drug-likeness (QED) is 0.560. The molecule has 1 fully saturated rings. The van der Waals surface area contributed by atoms with Crippen LogP contribution in [0.2, 0.25) is 0 Å². The van der Waals surface area contributed by atoms with Gasteiger partial charge in [0.15, 0.2) is 11.6 Å². The zero-order valence-electron chi connectivity index (χ0n) is 14.3. The lowest BCUT2D eigenvalue weighted by Gasteiger charge is -2.33. The van der Waals surface area contributed by atoms with E-state index in [0.717, 1.165) is 5.56 Å². The predicted molar refractivity (Wildman–Crippen MR) is 95.6 cm³/mol. The van der Waals surface area contributed by atoms with E-state index >= 15 is 0 Å². The largest absolute Gasteiger partial charge is 0.204 e. The van der Waals surface area contributed by atoms with E-state index < -0.39 is 11.6 Å². The Labute approximate surface area is 146 Å². The minimum absolute atomic E-state index is 0.0697. The Morgan fingerprint density at radius 3 is 2.38 bits per heavy atom. The minimum atomic E-state index is -0.744. The van der Waals surface area contributed by atoms with Crippen LogP contribution in [0.4, 0.5) is 8.78 Å². The van der Waals surface area contributed by atoms with Crippen molar-refractivity contribution >= 4 is 11.8 Å². The molecule has 1 saturated carbocycles. The Hall–Kier alpha value is -1.35. The number of hydrogen-bond acceptors (Lipinski definition) is 1. The molecular formula is C21H22F2S. The topological polar surface area (TPSA) is 0 Å². The molecule has 2 aromatic carbocycles. The first kappa shape index (κ1) is 16.1. The van der Waals surface area contributed by atoms with Crippen LogP contribution in [0.1, 0.15) is 67.7 Å². The van der Waals surface area contributed by atoms with E-state index in [2.05, 4.69) is 39.0 Å². The van der Waals surface area contributed by atoms with Crippen molar-refractivity contribution in [1.29, 1.82) is 0 Å². The monoisotopic (exact) mass is 344 g/mol. The van der Waals surface area contributed by atoms with Gasteiger partial charge in [-0.3, -0.25) is 0 Å². The fourth-order valence-electron chi connectivity index (χ4n) is 3.86. The van der Waals surface area contributed by atoms with Gasteiger partial charge in [-0.15, -0.1) is 11.8 Å². The Morgan fingerprint density at radius 2 is 1.71 bits per heavy atom. The second-order valence-corrected chi connectivity index (χ2v) is 9.11. The first-order valence-corrected chi connectivity index (χ1v) is 9.58. The van der Waals surface area contributed by atoms with Crippen LogP contribution in [0.15, 0.2) is 35.2 Å². The molecule has 0 bridgehead atoms. The van der Waals surface area contributed by atoms with Crippen molar-refractivity contribution in [3.63, 3.8) is 0 Å². The van der Waals surface area contributed by atoms with Crippen LogP contribution in [-0.4, -0.2) is 0 Å². The normalized spacial score (nSPS) is 20.3. The molecule has 0 spiro atoms. The standard InChI is InChI=1S/C21H22F2S/c1-21(2,3)19-14-8-9-17(22)20(23)16(14)11-24-18-10-13(12-4-5-12)6-7-15(18)19/h6-10,12,19H,4-5,11H2,1-3H3. The van der Waals surface area contributed by atoms with Gasteiger partial charge in [0, 0.05) is 22.1 Å². The Morgan fingerprint density at radius 1 is 1.00 bits per heavy atom. The third-order valence-electron chi connectivity index (χ3n) is 5.18. The predicted octanol–water partition coefficient (Wildman–Crippen LogP) is 6.63. The third kappa shape index (κ3) is 2.67. The summed E-state index contributed by atoms with van der Waals surface area (Å²) in [6, 6.07) is 9.81. The van der Waals surface area contributed by atoms with Gasteiger partial charge in [-0.25, -0.2) is 8.78 Å². The van der Waals surface area contributed by atoms with E-state index in [1.165, 1.54) is 34.9 Å². The van der Waals surface area contributed by atoms with Gasteiger partial charge < -0.3 is 0 Å². The van der Waals surface area contributed by atoms with E-state index in [1.807, 2.05) is 0 Å². The highest BCUT2D eigenvalue weighted by atomic mass is 32.2. The van der Waals surface area contributed by atoms with Gasteiger partial charge >= 0.3 is 0 Å². The van der Waals surface area contributed by atoms with Crippen LogP contribution in [0, 0.1) is 17.0 Å². The summed E-state index contributed by atoms with van der Waals surface area (Å²) in [7, 11) is 0. The summed E-state index contributed by atoms with van der Waals surface area (Å²) < 4.78 is 28.3.